The molecule has 1 aliphatic heterocycles. The summed E-state index contributed by atoms with van der Waals surface area (Å²) in [5.41, 5.74) is 0. The zero-order chi connectivity index (χ0) is 16.9. The maximum Gasteiger partial charge on any atom is 0.216 e. The summed E-state index contributed by atoms with van der Waals surface area (Å²) in [6, 6.07) is 0.457. The van der Waals surface area contributed by atoms with Crippen LogP contribution >= 0.6 is 24.0 Å². The third-order valence-corrected chi connectivity index (χ3v) is 6.16. The van der Waals surface area contributed by atoms with Crippen molar-refractivity contribution >= 4 is 40.0 Å². The number of guanidine groups is 1. The Kier molecular flexibility index (Phi) is 9.24. The van der Waals surface area contributed by atoms with Gasteiger partial charge in [0.15, 0.2) is 5.96 Å². The first-order valence-corrected chi connectivity index (χ1v) is 10.1. The van der Waals surface area contributed by atoms with Gasteiger partial charge in [0.1, 0.15) is 0 Å². The van der Waals surface area contributed by atoms with E-state index in [1.54, 1.807) is 11.4 Å². The molecule has 2 rings (SSSR count). The lowest BCUT2D eigenvalue weighted by Crippen LogP contribution is -2.50. The minimum atomic E-state index is -3.27. The molecule has 1 heterocycles. The number of hydrogen-bond donors (Lipinski definition) is 2. The summed E-state index contributed by atoms with van der Waals surface area (Å²) in [7, 11) is -1.56. The van der Waals surface area contributed by atoms with Crippen LogP contribution in [0.3, 0.4) is 0 Å². The highest BCUT2D eigenvalue weighted by atomic mass is 127. The van der Waals surface area contributed by atoms with E-state index in [0.29, 0.717) is 31.6 Å². The summed E-state index contributed by atoms with van der Waals surface area (Å²) in [6.07, 6.45) is 4.69. The van der Waals surface area contributed by atoms with Crippen LogP contribution in [0.5, 0.6) is 0 Å². The third-order valence-electron chi connectivity index (χ3n) is 4.35. The Hall–Kier alpha value is -0.130. The Labute approximate surface area is 163 Å². The molecular weight excluding hydrogens is 443 g/mol. The first-order valence-electron chi connectivity index (χ1n) is 8.51. The number of morpholine rings is 1. The number of nitrogens with one attached hydrogen (secondary N) is 2. The summed E-state index contributed by atoms with van der Waals surface area (Å²) < 4.78 is 32.1. The van der Waals surface area contributed by atoms with Gasteiger partial charge in [-0.2, -0.15) is 4.31 Å². The van der Waals surface area contributed by atoms with E-state index in [4.69, 9.17) is 4.74 Å². The smallest absolute Gasteiger partial charge is 0.216 e. The van der Waals surface area contributed by atoms with Crippen LogP contribution in [0.2, 0.25) is 0 Å². The van der Waals surface area contributed by atoms with Crippen LogP contribution in [0.1, 0.15) is 39.5 Å². The van der Waals surface area contributed by atoms with Crippen LogP contribution in [0, 0.1) is 0 Å². The van der Waals surface area contributed by atoms with Gasteiger partial charge < -0.3 is 15.4 Å². The lowest BCUT2D eigenvalue weighted by atomic mass is 10.2. The van der Waals surface area contributed by atoms with Crippen molar-refractivity contribution in [3.8, 4) is 0 Å². The van der Waals surface area contributed by atoms with Crippen molar-refractivity contribution in [3.05, 3.63) is 0 Å². The largest absolute Gasteiger partial charge is 0.373 e. The Balaban J connectivity index is 0.00000288. The monoisotopic (exact) mass is 474 g/mol. The summed E-state index contributed by atoms with van der Waals surface area (Å²) in [5.74, 6) is 0.758. The average Bonchev–Trinajstić information content (AvgIpc) is 2.98. The van der Waals surface area contributed by atoms with Crippen molar-refractivity contribution in [2.75, 3.05) is 32.4 Å². The number of ether oxygens (including phenoxy) is 1. The predicted octanol–water partition coefficient (Wildman–Crippen LogP) is 1.15. The molecule has 1 saturated heterocycles. The standard InChI is InChI=1S/C15H30N4O3S.HI/c1-12-10-19(11-13(2)22-12)23(20,21)9-8-17-15(16-3)18-14-6-4-5-7-14;/h12-14H,4-11H2,1-3H3,(H2,16,17,18);1H. The van der Waals surface area contributed by atoms with Gasteiger partial charge in [-0.15, -0.1) is 24.0 Å². The molecule has 0 aromatic carbocycles. The van der Waals surface area contributed by atoms with Crippen LogP contribution < -0.4 is 10.6 Å². The van der Waals surface area contributed by atoms with Gasteiger partial charge in [0.2, 0.25) is 10.0 Å². The van der Waals surface area contributed by atoms with Gasteiger partial charge in [-0.1, -0.05) is 12.8 Å². The quantitative estimate of drug-likeness (QED) is 0.355. The van der Waals surface area contributed by atoms with E-state index in [1.165, 1.54) is 12.8 Å². The number of aliphatic imine (C=N–C) groups is 1. The van der Waals surface area contributed by atoms with Crippen molar-refractivity contribution in [3.63, 3.8) is 0 Å². The SMILES string of the molecule is CN=C(NCCS(=O)(=O)N1CC(C)OC(C)C1)NC1CCCC1.I. The topological polar surface area (TPSA) is 83.0 Å². The van der Waals surface area contributed by atoms with Gasteiger partial charge in [0.25, 0.3) is 0 Å². The molecule has 0 aromatic heterocycles. The Morgan fingerprint density at radius 1 is 1.21 bits per heavy atom. The second kappa shape index (κ2) is 10.1. The zero-order valence-electron chi connectivity index (χ0n) is 14.8. The molecule has 1 aliphatic carbocycles. The van der Waals surface area contributed by atoms with E-state index in [-0.39, 0.29) is 41.9 Å². The predicted molar refractivity (Wildman–Crippen MR) is 108 cm³/mol. The van der Waals surface area contributed by atoms with Crippen LogP contribution in [-0.2, 0) is 14.8 Å². The van der Waals surface area contributed by atoms with Gasteiger partial charge in [-0.3, -0.25) is 4.99 Å². The maximum absolute atomic E-state index is 12.5. The van der Waals surface area contributed by atoms with Crippen molar-refractivity contribution in [1.82, 2.24) is 14.9 Å². The molecule has 24 heavy (non-hydrogen) atoms. The highest BCUT2D eigenvalue weighted by Gasteiger charge is 2.30. The molecule has 142 valence electrons. The molecule has 0 aromatic rings. The van der Waals surface area contributed by atoms with E-state index in [0.717, 1.165) is 12.8 Å². The highest BCUT2D eigenvalue weighted by molar-refractivity contribution is 14.0. The molecule has 9 heteroatoms. The van der Waals surface area contributed by atoms with Crippen molar-refractivity contribution in [2.45, 2.75) is 57.8 Å². The van der Waals surface area contributed by atoms with Crippen LogP contribution in [0.25, 0.3) is 0 Å². The van der Waals surface area contributed by atoms with Crippen LogP contribution in [-0.4, -0.2) is 69.4 Å². The van der Waals surface area contributed by atoms with Crippen molar-refractivity contribution in [2.24, 2.45) is 4.99 Å². The number of nitrogens with zero attached hydrogens (tertiary/aromatic N) is 2. The van der Waals surface area contributed by atoms with Crippen molar-refractivity contribution < 1.29 is 13.2 Å². The molecule has 7 nitrogen and oxygen atoms in total. The Bertz CT molecular complexity index is 499. The average molecular weight is 474 g/mol. The van der Waals surface area contributed by atoms with Crippen LogP contribution in [0.4, 0.5) is 0 Å². The van der Waals surface area contributed by atoms with Gasteiger partial charge in [0.05, 0.1) is 18.0 Å². The number of rotatable bonds is 5. The molecule has 0 spiro atoms. The van der Waals surface area contributed by atoms with Gasteiger partial charge in [0, 0.05) is 32.7 Å². The molecular formula is C15H31IN4O3S. The summed E-state index contributed by atoms with van der Waals surface area (Å²) in [6.45, 7) is 5.03. The maximum atomic E-state index is 12.5. The van der Waals surface area contributed by atoms with E-state index in [1.807, 2.05) is 13.8 Å². The molecule has 2 fully saturated rings. The fourth-order valence-corrected chi connectivity index (χ4v) is 4.74. The number of hydrogen-bond acceptors (Lipinski definition) is 4. The van der Waals surface area contributed by atoms with E-state index >= 15 is 0 Å². The second-order valence-corrected chi connectivity index (χ2v) is 8.60. The zero-order valence-corrected chi connectivity index (χ0v) is 18.0. The lowest BCUT2D eigenvalue weighted by molar-refractivity contribution is -0.0440. The van der Waals surface area contributed by atoms with Crippen molar-refractivity contribution in [1.29, 1.82) is 0 Å². The molecule has 2 atom stereocenters. The molecule has 2 aliphatic rings. The van der Waals surface area contributed by atoms with Gasteiger partial charge in [-0.05, 0) is 26.7 Å². The molecule has 0 radical (unpaired) electrons. The summed E-state index contributed by atoms with van der Waals surface area (Å²) in [5, 5.41) is 6.47. The van der Waals surface area contributed by atoms with E-state index in [9.17, 15) is 8.42 Å². The van der Waals surface area contributed by atoms with E-state index in [2.05, 4.69) is 15.6 Å². The molecule has 2 N–H and O–H groups in total. The normalized spacial score (nSPS) is 26.9. The third kappa shape index (κ3) is 6.64. The summed E-state index contributed by atoms with van der Waals surface area (Å²) in [4.78, 5) is 4.17. The first kappa shape index (κ1) is 21.9. The Morgan fingerprint density at radius 3 is 2.33 bits per heavy atom. The number of halogens is 1. The number of sulfonamides is 1. The second-order valence-electron chi connectivity index (χ2n) is 6.52. The fourth-order valence-electron chi connectivity index (χ4n) is 3.24. The molecule has 1 saturated carbocycles. The molecule has 0 bridgehead atoms. The van der Waals surface area contributed by atoms with Crippen LogP contribution in [0.15, 0.2) is 4.99 Å². The van der Waals surface area contributed by atoms with Gasteiger partial charge in [-0.25, -0.2) is 8.42 Å². The summed E-state index contributed by atoms with van der Waals surface area (Å²) >= 11 is 0. The first-order chi connectivity index (χ1) is 10.9. The highest BCUT2D eigenvalue weighted by Crippen LogP contribution is 2.17. The Morgan fingerprint density at radius 2 is 1.79 bits per heavy atom. The molecule has 2 unspecified atom stereocenters. The van der Waals surface area contributed by atoms with E-state index < -0.39 is 10.0 Å². The molecule has 0 amide bonds. The minimum absolute atomic E-state index is 0. The minimum Gasteiger partial charge on any atom is -0.373 e. The van der Waals surface area contributed by atoms with Gasteiger partial charge >= 0.3 is 0 Å². The lowest BCUT2D eigenvalue weighted by Gasteiger charge is -2.34. The fraction of sp³-hybridized carbons (Fsp3) is 0.933.